The summed E-state index contributed by atoms with van der Waals surface area (Å²) in [5.41, 5.74) is 0.760. The molecule has 4 heterocycles. The van der Waals surface area contributed by atoms with E-state index in [-0.39, 0.29) is 41.9 Å². The summed E-state index contributed by atoms with van der Waals surface area (Å²) in [7, 11) is 0. The van der Waals surface area contributed by atoms with Gasteiger partial charge >= 0.3 is 0 Å². The number of piperazine rings is 1. The first-order chi connectivity index (χ1) is 16.5. The van der Waals surface area contributed by atoms with E-state index in [1.54, 1.807) is 11.8 Å². The molecule has 35 heavy (non-hydrogen) atoms. The summed E-state index contributed by atoms with van der Waals surface area (Å²) in [5.74, 6) is -3.00. The predicted octanol–water partition coefficient (Wildman–Crippen LogP) is 2.98. The van der Waals surface area contributed by atoms with Crippen molar-refractivity contribution in [2.75, 3.05) is 57.4 Å². The Hall–Kier alpha value is -1.68. The molecule has 0 bridgehead atoms. The van der Waals surface area contributed by atoms with Gasteiger partial charge in [0.15, 0.2) is 0 Å². The minimum atomic E-state index is -2.95. The van der Waals surface area contributed by atoms with Gasteiger partial charge in [0.1, 0.15) is 0 Å². The van der Waals surface area contributed by atoms with E-state index >= 15 is 0 Å². The van der Waals surface area contributed by atoms with Crippen molar-refractivity contribution in [1.82, 2.24) is 20.1 Å². The summed E-state index contributed by atoms with van der Waals surface area (Å²) < 4.78 is 35.0. The number of carbonyl (C=O) groups is 1. The van der Waals surface area contributed by atoms with E-state index in [2.05, 4.69) is 33.9 Å². The topological polar surface area (TPSA) is 60.9 Å². The molecule has 0 saturated carbocycles. The van der Waals surface area contributed by atoms with Crippen LogP contribution < -0.4 is 10.2 Å². The molecule has 4 rings (SSSR count). The second kappa shape index (κ2) is 10.4. The Morgan fingerprint density at radius 1 is 1.31 bits per heavy atom. The number of amides is 1. The van der Waals surface area contributed by atoms with Gasteiger partial charge in [0.05, 0.1) is 31.1 Å². The number of ether oxygens (including phenoxy) is 1. The van der Waals surface area contributed by atoms with Gasteiger partial charge < -0.3 is 15.0 Å². The van der Waals surface area contributed by atoms with Gasteiger partial charge in [-0.25, -0.2) is 8.78 Å². The molecule has 0 aromatic carbocycles. The molecule has 9 heteroatoms. The molecule has 2 saturated heterocycles. The molecule has 1 amide bonds. The lowest BCUT2D eigenvalue weighted by Gasteiger charge is -2.43. The molecule has 196 valence electrons. The summed E-state index contributed by atoms with van der Waals surface area (Å²) in [6.45, 7) is 15.6. The van der Waals surface area contributed by atoms with Gasteiger partial charge in [-0.2, -0.15) is 0 Å². The number of pyridine rings is 1. The monoisotopic (exact) mass is 493 g/mol. The standard InChI is InChI=1S/C26H41F2N5O2/c1-6-7-26(27,28)20-10-22-24(30-11-20)25(4,5)17-33(22)23(34)15-32-13-18(2)29-12-21(32)14-31-8-9-35-16-19(31)3/h10-11,18-19,21,29H,6-9,12-17H2,1-5H3/t18?,19-,21-/m1/s1. The highest BCUT2D eigenvalue weighted by molar-refractivity contribution is 5.97. The summed E-state index contributed by atoms with van der Waals surface area (Å²) in [6, 6.07) is 2.33. The fourth-order valence-corrected chi connectivity index (χ4v) is 5.58. The maximum absolute atomic E-state index is 14.7. The van der Waals surface area contributed by atoms with Crippen molar-refractivity contribution in [3.05, 3.63) is 23.5 Å². The third kappa shape index (κ3) is 5.68. The maximum atomic E-state index is 14.7. The van der Waals surface area contributed by atoms with Crippen LogP contribution in [0.25, 0.3) is 0 Å². The molecule has 2 fully saturated rings. The average Bonchev–Trinajstić information content (AvgIpc) is 3.07. The molecule has 1 unspecified atom stereocenters. The molecular weight excluding hydrogens is 452 g/mol. The summed E-state index contributed by atoms with van der Waals surface area (Å²) in [4.78, 5) is 24.5. The third-order valence-corrected chi connectivity index (χ3v) is 7.66. The number of nitrogens with one attached hydrogen (secondary N) is 1. The van der Waals surface area contributed by atoms with E-state index in [9.17, 15) is 13.6 Å². The van der Waals surface area contributed by atoms with E-state index < -0.39 is 5.92 Å². The zero-order valence-electron chi connectivity index (χ0n) is 21.8. The number of carbonyl (C=O) groups excluding carboxylic acids is 1. The molecule has 7 nitrogen and oxygen atoms in total. The number of nitrogens with zero attached hydrogens (tertiary/aromatic N) is 4. The van der Waals surface area contributed by atoms with Crippen molar-refractivity contribution in [2.24, 2.45) is 0 Å². The van der Waals surface area contributed by atoms with Gasteiger partial charge in [0.25, 0.3) is 5.92 Å². The first-order valence-corrected chi connectivity index (χ1v) is 13.0. The predicted molar refractivity (Wildman–Crippen MR) is 133 cm³/mol. The fraction of sp³-hybridized carbons (Fsp3) is 0.769. The maximum Gasteiger partial charge on any atom is 0.274 e. The largest absolute Gasteiger partial charge is 0.379 e. The van der Waals surface area contributed by atoms with E-state index in [0.29, 0.717) is 30.4 Å². The van der Waals surface area contributed by atoms with Crippen LogP contribution in [-0.4, -0.2) is 91.3 Å². The minimum absolute atomic E-state index is 0.0521. The first kappa shape index (κ1) is 26.4. The van der Waals surface area contributed by atoms with Crippen LogP contribution >= 0.6 is 0 Å². The number of hydrogen-bond donors (Lipinski definition) is 1. The molecule has 0 aliphatic carbocycles. The highest BCUT2D eigenvalue weighted by Gasteiger charge is 2.42. The summed E-state index contributed by atoms with van der Waals surface area (Å²) >= 11 is 0. The summed E-state index contributed by atoms with van der Waals surface area (Å²) in [5, 5.41) is 3.56. The van der Waals surface area contributed by atoms with Gasteiger partial charge in [0, 0.05) is 74.4 Å². The van der Waals surface area contributed by atoms with Crippen molar-refractivity contribution in [1.29, 1.82) is 0 Å². The summed E-state index contributed by atoms with van der Waals surface area (Å²) in [6.07, 6.45) is 1.44. The number of rotatable bonds is 7. The van der Waals surface area contributed by atoms with E-state index in [4.69, 9.17) is 4.74 Å². The van der Waals surface area contributed by atoms with Crippen molar-refractivity contribution in [2.45, 2.75) is 76.9 Å². The van der Waals surface area contributed by atoms with Crippen LogP contribution in [0.5, 0.6) is 0 Å². The molecule has 0 spiro atoms. The van der Waals surface area contributed by atoms with Gasteiger partial charge in [0.2, 0.25) is 5.91 Å². The molecule has 3 aliphatic rings. The zero-order chi connectivity index (χ0) is 25.4. The number of alkyl halides is 2. The quantitative estimate of drug-likeness (QED) is 0.630. The first-order valence-electron chi connectivity index (χ1n) is 13.0. The van der Waals surface area contributed by atoms with Crippen LogP contribution in [0, 0.1) is 0 Å². The Balaban J connectivity index is 1.53. The van der Waals surface area contributed by atoms with E-state index in [1.165, 1.54) is 12.3 Å². The highest BCUT2D eigenvalue weighted by Crippen LogP contribution is 2.42. The smallest absolute Gasteiger partial charge is 0.274 e. The van der Waals surface area contributed by atoms with Crippen molar-refractivity contribution in [3.63, 3.8) is 0 Å². The molecule has 1 N–H and O–H groups in total. The van der Waals surface area contributed by atoms with Gasteiger partial charge in [-0.1, -0.05) is 27.2 Å². The lowest BCUT2D eigenvalue weighted by atomic mass is 9.91. The Labute approximate surface area is 208 Å². The number of hydrogen-bond acceptors (Lipinski definition) is 6. The number of aromatic nitrogens is 1. The lowest BCUT2D eigenvalue weighted by Crippen LogP contribution is -2.62. The van der Waals surface area contributed by atoms with Crippen molar-refractivity contribution >= 4 is 11.6 Å². The second-order valence-electron chi connectivity index (χ2n) is 11.2. The molecule has 1 aromatic rings. The number of fused-ring (bicyclic) bond motifs is 1. The highest BCUT2D eigenvalue weighted by atomic mass is 19.3. The third-order valence-electron chi connectivity index (χ3n) is 7.66. The minimum Gasteiger partial charge on any atom is -0.379 e. The normalized spacial score (nSPS) is 27.7. The average molecular weight is 494 g/mol. The molecular formula is C26H41F2N5O2. The SMILES string of the molecule is CCCC(F)(F)c1cnc2c(c1)N(C(=O)CN1CC(C)NC[C@@H]1CN1CCOC[C@H]1C)CC2(C)C. The van der Waals surface area contributed by atoms with Gasteiger partial charge in [-0.3, -0.25) is 19.6 Å². The van der Waals surface area contributed by atoms with Crippen LogP contribution in [0.2, 0.25) is 0 Å². The van der Waals surface area contributed by atoms with Crippen LogP contribution in [0.4, 0.5) is 14.5 Å². The zero-order valence-corrected chi connectivity index (χ0v) is 21.8. The number of halogens is 2. The second-order valence-corrected chi connectivity index (χ2v) is 11.2. The van der Waals surface area contributed by atoms with Crippen molar-refractivity contribution in [3.8, 4) is 0 Å². The Kier molecular flexibility index (Phi) is 7.81. The van der Waals surface area contributed by atoms with E-state index in [1.807, 2.05) is 13.8 Å². The Morgan fingerprint density at radius 3 is 2.80 bits per heavy atom. The lowest BCUT2D eigenvalue weighted by molar-refractivity contribution is -0.121. The Bertz CT molecular complexity index is 912. The number of morpholine rings is 1. The fourth-order valence-electron chi connectivity index (χ4n) is 5.58. The molecule has 3 aliphatic heterocycles. The van der Waals surface area contributed by atoms with Crippen molar-refractivity contribution < 1.29 is 18.3 Å². The van der Waals surface area contributed by atoms with Crippen LogP contribution in [0.3, 0.4) is 0 Å². The number of anilines is 1. The van der Waals surface area contributed by atoms with Crippen LogP contribution in [0.1, 0.15) is 58.7 Å². The van der Waals surface area contributed by atoms with Crippen LogP contribution in [0.15, 0.2) is 12.3 Å². The van der Waals surface area contributed by atoms with Crippen LogP contribution in [-0.2, 0) is 20.9 Å². The molecule has 3 atom stereocenters. The van der Waals surface area contributed by atoms with E-state index in [0.717, 1.165) is 39.4 Å². The molecule has 1 aromatic heterocycles. The molecule has 0 radical (unpaired) electrons. The van der Waals surface area contributed by atoms with Gasteiger partial charge in [-0.05, 0) is 19.9 Å². The van der Waals surface area contributed by atoms with Gasteiger partial charge in [-0.15, -0.1) is 0 Å². The Morgan fingerprint density at radius 2 is 2.09 bits per heavy atom.